The van der Waals surface area contributed by atoms with Gasteiger partial charge in [-0.05, 0) is 12.1 Å². The number of oxazole rings is 1. The Bertz CT molecular complexity index is 932. The van der Waals surface area contributed by atoms with Crippen molar-refractivity contribution in [2.75, 3.05) is 26.2 Å². The number of nitrogens with zero attached hydrogens (tertiary/aromatic N) is 4. The molecule has 0 spiro atoms. The maximum absolute atomic E-state index is 12.9. The molecule has 0 unspecified atom stereocenters. The molecule has 1 aliphatic heterocycles. The van der Waals surface area contributed by atoms with Gasteiger partial charge in [-0.1, -0.05) is 30.3 Å². The van der Waals surface area contributed by atoms with E-state index in [0.29, 0.717) is 43.2 Å². The Hall–Kier alpha value is -3.48. The van der Waals surface area contributed by atoms with Crippen LogP contribution >= 0.6 is 0 Å². The minimum absolute atomic E-state index is 0.0680. The summed E-state index contributed by atoms with van der Waals surface area (Å²) in [6.45, 7) is 1.84. The van der Waals surface area contributed by atoms with Gasteiger partial charge in [-0.15, -0.1) is 0 Å². The maximum atomic E-state index is 12.9. The monoisotopic (exact) mass is 362 g/mol. The lowest BCUT2D eigenvalue weighted by Gasteiger charge is -2.34. The van der Waals surface area contributed by atoms with Crippen molar-refractivity contribution in [2.24, 2.45) is 0 Å². The van der Waals surface area contributed by atoms with Crippen LogP contribution in [0.5, 0.6) is 0 Å². The Balaban J connectivity index is 1.44. The highest BCUT2D eigenvalue weighted by Crippen LogP contribution is 2.24. The number of amides is 2. The molecule has 1 aromatic carbocycles. The third-order valence-corrected chi connectivity index (χ3v) is 4.57. The van der Waals surface area contributed by atoms with Crippen LogP contribution < -0.4 is 0 Å². The average molecular weight is 362 g/mol. The second kappa shape index (κ2) is 7.41. The van der Waals surface area contributed by atoms with Crippen LogP contribution in [0.4, 0.5) is 0 Å². The second-order valence-corrected chi connectivity index (χ2v) is 6.22. The standard InChI is InChI=1S/C20H18N4O3/c25-19(16-7-4-8-21-13-16)23-9-11-24(12-10-23)20(26)17-18(27-14-22-17)15-5-2-1-3-6-15/h1-8,13-14H,9-12H2. The number of hydrogen-bond acceptors (Lipinski definition) is 5. The van der Waals surface area contributed by atoms with E-state index in [0.717, 1.165) is 5.56 Å². The van der Waals surface area contributed by atoms with E-state index in [4.69, 9.17) is 4.42 Å². The van der Waals surface area contributed by atoms with Gasteiger partial charge in [0.1, 0.15) is 0 Å². The summed E-state index contributed by atoms with van der Waals surface area (Å²) >= 11 is 0. The summed E-state index contributed by atoms with van der Waals surface area (Å²) in [5, 5.41) is 0. The fraction of sp³-hybridized carbons (Fsp3) is 0.200. The first kappa shape index (κ1) is 17.0. The molecule has 3 aromatic rings. The quantitative estimate of drug-likeness (QED) is 0.714. The van der Waals surface area contributed by atoms with E-state index in [1.54, 1.807) is 34.3 Å². The lowest BCUT2D eigenvalue weighted by molar-refractivity contribution is 0.0532. The largest absolute Gasteiger partial charge is 0.443 e. The summed E-state index contributed by atoms with van der Waals surface area (Å²) in [4.78, 5) is 36.9. The number of aromatic nitrogens is 2. The lowest BCUT2D eigenvalue weighted by Crippen LogP contribution is -2.50. The third-order valence-electron chi connectivity index (χ3n) is 4.57. The predicted molar refractivity (Wildman–Crippen MR) is 98.0 cm³/mol. The first-order valence-electron chi connectivity index (χ1n) is 8.71. The van der Waals surface area contributed by atoms with Gasteiger partial charge in [-0.25, -0.2) is 4.98 Å². The van der Waals surface area contributed by atoms with Crippen LogP contribution in [0.2, 0.25) is 0 Å². The number of pyridine rings is 1. The van der Waals surface area contributed by atoms with E-state index < -0.39 is 0 Å². The first-order chi connectivity index (χ1) is 13.2. The fourth-order valence-electron chi connectivity index (χ4n) is 3.13. The lowest BCUT2D eigenvalue weighted by atomic mass is 10.1. The first-order valence-corrected chi connectivity index (χ1v) is 8.71. The number of rotatable bonds is 3. The Morgan fingerprint density at radius 3 is 2.26 bits per heavy atom. The molecule has 136 valence electrons. The molecular weight excluding hydrogens is 344 g/mol. The summed E-state index contributed by atoms with van der Waals surface area (Å²) in [5.74, 6) is 0.215. The molecule has 0 bridgehead atoms. The maximum Gasteiger partial charge on any atom is 0.276 e. The molecule has 0 N–H and O–H groups in total. The normalized spacial score (nSPS) is 14.2. The number of piperazine rings is 1. The van der Waals surface area contributed by atoms with E-state index >= 15 is 0 Å². The Morgan fingerprint density at radius 1 is 0.889 bits per heavy atom. The van der Waals surface area contributed by atoms with Gasteiger partial charge in [-0.3, -0.25) is 14.6 Å². The van der Waals surface area contributed by atoms with Crippen molar-refractivity contribution in [3.8, 4) is 11.3 Å². The highest BCUT2D eigenvalue weighted by molar-refractivity contribution is 5.98. The van der Waals surface area contributed by atoms with Crippen LogP contribution in [0.25, 0.3) is 11.3 Å². The van der Waals surface area contributed by atoms with Crippen LogP contribution in [0.3, 0.4) is 0 Å². The van der Waals surface area contributed by atoms with Gasteiger partial charge in [0, 0.05) is 44.1 Å². The highest BCUT2D eigenvalue weighted by atomic mass is 16.3. The highest BCUT2D eigenvalue weighted by Gasteiger charge is 2.28. The minimum Gasteiger partial charge on any atom is -0.443 e. The molecule has 7 nitrogen and oxygen atoms in total. The number of hydrogen-bond donors (Lipinski definition) is 0. The number of carbonyl (C=O) groups is 2. The zero-order valence-corrected chi connectivity index (χ0v) is 14.6. The van der Waals surface area contributed by atoms with Crippen molar-refractivity contribution < 1.29 is 14.0 Å². The molecule has 0 aliphatic carbocycles. The zero-order chi connectivity index (χ0) is 18.6. The van der Waals surface area contributed by atoms with Gasteiger partial charge < -0.3 is 14.2 Å². The molecule has 4 rings (SSSR count). The summed E-state index contributed by atoms with van der Waals surface area (Å²) in [5.41, 5.74) is 1.66. The molecule has 0 radical (unpaired) electrons. The number of carbonyl (C=O) groups excluding carboxylic acids is 2. The van der Waals surface area contributed by atoms with Crippen molar-refractivity contribution in [1.29, 1.82) is 0 Å². The van der Waals surface area contributed by atoms with Crippen LogP contribution in [0, 0.1) is 0 Å². The molecule has 27 heavy (non-hydrogen) atoms. The molecule has 1 saturated heterocycles. The molecular formula is C20H18N4O3. The zero-order valence-electron chi connectivity index (χ0n) is 14.6. The van der Waals surface area contributed by atoms with Crippen molar-refractivity contribution >= 4 is 11.8 Å². The molecule has 7 heteroatoms. The third kappa shape index (κ3) is 3.44. The topological polar surface area (TPSA) is 79.5 Å². The van der Waals surface area contributed by atoms with Gasteiger partial charge in [0.25, 0.3) is 11.8 Å². The van der Waals surface area contributed by atoms with Gasteiger partial charge in [-0.2, -0.15) is 0 Å². The average Bonchev–Trinajstić information content (AvgIpc) is 3.24. The molecule has 0 saturated carbocycles. The summed E-state index contributed by atoms with van der Waals surface area (Å²) in [6, 6.07) is 12.9. The van der Waals surface area contributed by atoms with E-state index in [9.17, 15) is 9.59 Å². The van der Waals surface area contributed by atoms with Gasteiger partial charge in [0.05, 0.1) is 5.56 Å². The van der Waals surface area contributed by atoms with E-state index in [2.05, 4.69) is 9.97 Å². The van der Waals surface area contributed by atoms with Crippen molar-refractivity contribution in [3.05, 3.63) is 72.5 Å². The van der Waals surface area contributed by atoms with Crippen molar-refractivity contribution in [3.63, 3.8) is 0 Å². The van der Waals surface area contributed by atoms with Crippen LogP contribution in [0.1, 0.15) is 20.8 Å². The fourth-order valence-corrected chi connectivity index (χ4v) is 3.13. The molecule has 3 heterocycles. The SMILES string of the molecule is O=C(c1cccnc1)N1CCN(C(=O)c2ncoc2-c2ccccc2)CC1. The van der Waals surface area contributed by atoms with Crippen molar-refractivity contribution in [1.82, 2.24) is 19.8 Å². The smallest absolute Gasteiger partial charge is 0.276 e. The van der Waals surface area contributed by atoms with Gasteiger partial charge in [0.15, 0.2) is 17.8 Å². The van der Waals surface area contributed by atoms with E-state index in [-0.39, 0.29) is 11.8 Å². The van der Waals surface area contributed by atoms with E-state index in [1.807, 2.05) is 30.3 Å². The molecule has 1 aliphatic rings. The van der Waals surface area contributed by atoms with Gasteiger partial charge in [0.2, 0.25) is 0 Å². The molecule has 0 atom stereocenters. The second-order valence-electron chi connectivity index (χ2n) is 6.22. The minimum atomic E-state index is -0.184. The Labute approximate surface area is 156 Å². The Morgan fingerprint density at radius 2 is 1.59 bits per heavy atom. The Kier molecular flexibility index (Phi) is 4.65. The van der Waals surface area contributed by atoms with Crippen LogP contribution in [-0.2, 0) is 0 Å². The van der Waals surface area contributed by atoms with Crippen LogP contribution in [-0.4, -0.2) is 57.8 Å². The van der Waals surface area contributed by atoms with Gasteiger partial charge >= 0.3 is 0 Å². The molecule has 2 aromatic heterocycles. The summed E-state index contributed by atoms with van der Waals surface area (Å²) in [6.07, 6.45) is 4.48. The summed E-state index contributed by atoms with van der Waals surface area (Å²) < 4.78 is 5.45. The summed E-state index contributed by atoms with van der Waals surface area (Å²) in [7, 11) is 0. The number of benzene rings is 1. The van der Waals surface area contributed by atoms with E-state index in [1.165, 1.54) is 6.39 Å². The van der Waals surface area contributed by atoms with Crippen molar-refractivity contribution in [2.45, 2.75) is 0 Å². The molecule has 1 fully saturated rings. The predicted octanol–water partition coefficient (Wildman–Crippen LogP) is 2.33. The van der Waals surface area contributed by atoms with Crippen LogP contribution in [0.15, 0.2) is 65.7 Å². The molecule has 2 amide bonds.